The second-order valence-corrected chi connectivity index (χ2v) is 5.65. The zero-order chi connectivity index (χ0) is 18.6. The third kappa shape index (κ3) is 4.63. The summed E-state index contributed by atoms with van der Waals surface area (Å²) in [7, 11) is 0. The van der Waals surface area contributed by atoms with Gasteiger partial charge < -0.3 is 15.8 Å². The van der Waals surface area contributed by atoms with Gasteiger partial charge in [-0.25, -0.2) is 14.0 Å². The Labute approximate surface area is 152 Å². The molecule has 2 aromatic rings. The molecule has 5 nitrogen and oxygen atoms in total. The molecule has 8 heteroatoms. The van der Waals surface area contributed by atoms with Crippen molar-refractivity contribution >= 4 is 40.9 Å². The summed E-state index contributed by atoms with van der Waals surface area (Å²) in [6.07, 6.45) is 4.05. The number of halogens is 3. The van der Waals surface area contributed by atoms with Gasteiger partial charge >= 0.3 is 12.0 Å². The minimum absolute atomic E-state index is 0.0252. The van der Waals surface area contributed by atoms with E-state index in [2.05, 4.69) is 11.2 Å². The van der Waals surface area contributed by atoms with E-state index in [1.807, 2.05) is 0 Å². The van der Waals surface area contributed by atoms with E-state index in [0.29, 0.717) is 0 Å². The molecule has 128 valence electrons. The number of amides is 2. The van der Waals surface area contributed by atoms with E-state index in [0.717, 1.165) is 6.07 Å². The van der Waals surface area contributed by atoms with E-state index in [1.54, 1.807) is 0 Å². The van der Waals surface area contributed by atoms with Crippen LogP contribution in [0.1, 0.15) is 22.0 Å². The van der Waals surface area contributed by atoms with Crippen LogP contribution in [-0.4, -0.2) is 12.0 Å². The highest BCUT2D eigenvalue weighted by molar-refractivity contribution is 6.33. The highest BCUT2D eigenvalue weighted by Gasteiger charge is 2.21. The van der Waals surface area contributed by atoms with Gasteiger partial charge in [-0.05, 0) is 36.4 Å². The van der Waals surface area contributed by atoms with E-state index in [9.17, 15) is 14.0 Å². The topological polar surface area (TPSA) is 81.4 Å². The van der Waals surface area contributed by atoms with Crippen LogP contribution in [0.25, 0.3) is 0 Å². The van der Waals surface area contributed by atoms with Crippen molar-refractivity contribution in [3.05, 3.63) is 63.4 Å². The molecule has 0 saturated heterocycles. The maximum Gasteiger partial charge on any atom is 0.341 e. The minimum atomic E-state index is -1.28. The monoisotopic (exact) mass is 380 g/mol. The van der Waals surface area contributed by atoms with Crippen molar-refractivity contribution in [3.8, 4) is 12.3 Å². The molecule has 0 bridgehead atoms. The second kappa shape index (κ2) is 7.88. The summed E-state index contributed by atoms with van der Waals surface area (Å²) in [5.74, 6) is 0.584. The Kier molecular flexibility index (Phi) is 5.86. The zero-order valence-electron chi connectivity index (χ0n) is 12.6. The third-order valence-electron chi connectivity index (χ3n) is 3.08. The van der Waals surface area contributed by atoms with Crippen LogP contribution in [0.4, 0.5) is 14.9 Å². The number of rotatable bonds is 4. The van der Waals surface area contributed by atoms with Crippen molar-refractivity contribution < 1.29 is 18.7 Å². The number of hydrogen-bond acceptors (Lipinski definition) is 3. The summed E-state index contributed by atoms with van der Waals surface area (Å²) >= 11 is 11.6. The Balaban J connectivity index is 2.28. The summed E-state index contributed by atoms with van der Waals surface area (Å²) < 4.78 is 19.1. The van der Waals surface area contributed by atoms with Crippen LogP contribution in [0.5, 0.6) is 0 Å². The van der Waals surface area contributed by atoms with Gasteiger partial charge in [-0.1, -0.05) is 29.1 Å². The fraction of sp³-hybridized carbons (Fsp3) is 0.0588. The first-order valence-electron chi connectivity index (χ1n) is 6.80. The largest absolute Gasteiger partial charge is 0.440 e. The standard InChI is InChI=1S/C17H11Cl2FN2O3/c1-2-15(11-5-3-9(18)7-14(11)20)25-16(23)12-8-10(22-17(21)24)4-6-13(12)19/h1,3-8,15H,(H3,21,22,24). The van der Waals surface area contributed by atoms with Gasteiger partial charge in [0.25, 0.3) is 0 Å². The highest BCUT2D eigenvalue weighted by atomic mass is 35.5. The molecule has 0 aliphatic rings. The van der Waals surface area contributed by atoms with Gasteiger partial charge in [-0.15, -0.1) is 6.42 Å². The average Bonchev–Trinajstić information content (AvgIpc) is 2.54. The number of urea groups is 1. The number of carbonyl (C=O) groups is 2. The van der Waals surface area contributed by atoms with Crippen LogP contribution in [0, 0.1) is 18.2 Å². The quantitative estimate of drug-likeness (QED) is 0.617. The number of nitrogens with two attached hydrogens (primary N) is 1. The van der Waals surface area contributed by atoms with Gasteiger partial charge in [0.2, 0.25) is 0 Å². The first kappa shape index (κ1) is 18.6. The molecule has 0 spiro atoms. The SMILES string of the molecule is C#CC(OC(=O)c1cc(NC(N)=O)ccc1Cl)c1ccc(Cl)cc1F. The van der Waals surface area contributed by atoms with Gasteiger partial charge in [-0.2, -0.15) is 0 Å². The zero-order valence-corrected chi connectivity index (χ0v) is 14.1. The highest BCUT2D eigenvalue weighted by Crippen LogP contribution is 2.27. The summed E-state index contributed by atoms with van der Waals surface area (Å²) in [4.78, 5) is 23.2. The molecule has 0 heterocycles. The van der Waals surface area contributed by atoms with Gasteiger partial charge in [0.15, 0.2) is 6.10 Å². The number of anilines is 1. The smallest absolute Gasteiger partial charge is 0.341 e. The molecule has 0 aliphatic carbocycles. The second-order valence-electron chi connectivity index (χ2n) is 4.80. The van der Waals surface area contributed by atoms with Gasteiger partial charge in [0.1, 0.15) is 5.82 Å². The van der Waals surface area contributed by atoms with E-state index in [-0.39, 0.29) is 26.9 Å². The van der Waals surface area contributed by atoms with Crippen molar-refractivity contribution in [2.24, 2.45) is 5.73 Å². The lowest BCUT2D eigenvalue weighted by atomic mass is 10.1. The van der Waals surface area contributed by atoms with Crippen LogP contribution in [-0.2, 0) is 4.74 Å². The number of terminal acetylenes is 1. The molecule has 3 N–H and O–H groups in total. The lowest BCUT2D eigenvalue weighted by molar-refractivity contribution is 0.0403. The first-order chi connectivity index (χ1) is 11.8. The number of benzene rings is 2. The van der Waals surface area contributed by atoms with E-state index in [1.165, 1.54) is 30.3 Å². The van der Waals surface area contributed by atoms with Crippen molar-refractivity contribution in [1.82, 2.24) is 0 Å². The number of carbonyl (C=O) groups excluding carboxylic acids is 2. The summed E-state index contributed by atoms with van der Waals surface area (Å²) in [6.45, 7) is 0. The predicted molar refractivity (Wildman–Crippen MR) is 93.1 cm³/mol. The normalized spacial score (nSPS) is 11.3. The fourth-order valence-electron chi connectivity index (χ4n) is 1.97. The van der Waals surface area contributed by atoms with Crippen LogP contribution in [0.3, 0.4) is 0 Å². The molecule has 1 atom stereocenters. The minimum Gasteiger partial charge on any atom is -0.440 e. The van der Waals surface area contributed by atoms with Crippen molar-refractivity contribution in [3.63, 3.8) is 0 Å². The maximum absolute atomic E-state index is 14.0. The van der Waals surface area contributed by atoms with Gasteiger partial charge in [0.05, 0.1) is 10.6 Å². The van der Waals surface area contributed by atoms with Crippen LogP contribution >= 0.6 is 23.2 Å². The van der Waals surface area contributed by atoms with Crippen LogP contribution < -0.4 is 11.1 Å². The number of primary amides is 1. The molecule has 0 radical (unpaired) electrons. The average molecular weight is 381 g/mol. The Morgan fingerprint density at radius 1 is 1.24 bits per heavy atom. The number of ether oxygens (including phenoxy) is 1. The number of esters is 1. The van der Waals surface area contributed by atoms with E-state index < -0.39 is 23.9 Å². The molecule has 2 amide bonds. The molecule has 0 fully saturated rings. The predicted octanol–water partition coefficient (Wildman–Crippen LogP) is 4.15. The van der Waals surface area contributed by atoms with Crippen molar-refractivity contribution in [2.45, 2.75) is 6.10 Å². The van der Waals surface area contributed by atoms with Crippen molar-refractivity contribution in [2.75, 3.05) is 5.32 Å². The van der Waals surface area contributed by atoms with Gasteiger partial charge in [-0.3, -0.25) is 0 Å². The lowest BCUT2D eigenvalue weighted by Gasteiger charge is -2.15. The van der Waals surface area contributed by atoms with E-state index >= 15 is 0 Å². The van der Waals surface area contributed by atoms with Crippen LogP contribution in [0.15, 0.2) is 36.4 Å². The summed E-state index contributed by atoms with van der Waals surface area (Å²) in [5.41, 5.74) is 5.16. The van der Waals surface area contributed by atoms with E-state index in [4.69, 9.17) is 40.1 Å². The molecular weight excluding hydrogens is 370 g/mol. The molecule has 1 unspecified atom stereocenters. The molecule has 2 rings (SSSR count). The molecule has 0 aromatic heterocycles. The Morgan fingerprint density at radius 3 is 2.56 bits per heavy atom. The molecule has 2 aromatic carbocycles. The number of nitrogens with one attached hydrogen (secondary N) is 1. The van der Waals surface area contributed by atoms with Gasteiger partial charge in [0, 0.05) is 16.3 Å². The summed E-state index contributed by atoms with van der Waals surface area (Å²) in [5, 5.41) is 2.54. The maximum atomic E-state index is 14.0. The first-order valence-corrected chi connectivity index (χ1v) is 7.55. The van der Waals surface area contributed by atoms with Crippen LogP contribution in [0.2, 0.25) is 10.0 Å². The third-order valence-corrected chi connectivity index (χ3v) is 3.64. The molecule has 0 aliphatic heterocycles. The lowest BCUT2D eigenvalue weighted by Crippen LogP contribution is -2.19. The Hall–Kier alpha value is -2.75. The molecule has 25 heavy (non-hydrogen) atoms. The fourth-order valence-corrected chi connectivity index (χ4v) is 2.33. The Morgan fingerprint density at radius 2 is 1.96 bits per heavy atom. The number of hydrogen-bond donors (Lipinski definition) is 2. The molecular formula is C17H11Cl2FN2O3. The molecule has 0 saturated carbocycles. The Bertz CT molecular complexity index is 881. The summed E-state index contributed by atoms with van der Waals surface area (Å²) in [6, 6.07) is 7.07. The van der Waals surface area contributed by atoms with Crippen molar-refractivity contribution in [1.29, 1.82) is 0 Å².